The molecule has 186 valence electrons. The Balaban J connectivity index is 1.67. The van der Waals surface area contributed by atoms with Crippen molar-refractivity contribution in [1.29, 1.82) is 0 Å². The normalized spacial score (nSPS) is 11.7. The Morgan fingerprint density at radius 2 is 1.74 bits per heavy atom. The van der Waals surface area contributed by atoms with E-state index in [1.54, 1.807) is 36.4 Å². The van der Waals surface area contributed by atoms with E-state index in [-0.39, 0.29) is 16.2 Å². The molecule has 0 unspecified atom stereocenters. The number of benzene rings is 3. The van der Waals surface area contributed by atoms with Crippen molar-refractivity contribution in [3.63, 3.8) is 0 Å². The molecule has 0 aliphatic carbocycles. The van der Waals surface area contributed by atoms with Gasteiger partial charge in [-0.2, -0.15) is 0 Å². The van der Waals surface area contributed by atoms with Crippen LogP contribution in [-0.4, -0.2) is 27.9 Å². The molecule has 0 radical (unpaired) electrons. The fourth-order valence-corrected chi connectivity index (χ4v) is 5.09. The second-order valence-electron chi connectivity index (χ2n) is 7.28. The van der Waals surface area contributed by atoms with Gasteiger partial charge in [-0.25, -0.2) is 13.2 Å². The van der Waals surface area contributed by atoms with E-state index >= 15 is 0 Å². The highest BCUT2D eigenvalue weighted by Crippen LogP contribution is 2.29. The molecule has 3 aromatic carbocycles. The SMILES string of the molecule is CCc1ccc(S(=O)(=O)Nc2ccc(SCc3cccc(OC(F)(F)F)c3)cc2)cc1C(=O)OC. The van der Waals surface area contributed by atoms with Crippen molar-refractivity contribution < 1.29 is 35.9 Å². The van der Waals surface area contributed by atoms with Gasteiger partial charge < -0.3 is 9.47 Å². The minimum absolute atomic E-state index is 0.0745. The van der Waals surface area contributed by atoms with E-state index in [1.165, 1.54) is 49.2 Å². The van der Waals surface area contributed by atoms with Gasteiger partial charge in [0.15, 0.2) is 0 Å². The number of sulfonamides is 1. The summed E-state index contributed by atoms with van der Waals surface area (Å²) in [7, 11) is -2.73. The number of halogens is 3. The van der Waals surface area contributed by atoms with Crippen LogP contribution in [0, 0.1) is 0 Å². The number of alkyl halides is 3. The number of carbonyl (C=O) groups is 1. The van der Waals surface area contributed by atoms with E-state index in [0.29, 0.717) is 29.0 Å². The van der Waals surface area contributed by atoms with Crippen molar-refractivity contribution in [3.8, 4) is 5.75 Å². The summed E-state index contributed by atoms with van der Waals surface area (Å²) in [5.41, 5.74) is 1.81. The number of nitrogens with one attached hydrogen (secondary N) is 1. The molecule has 0 spiro atoms. The van der Waals surface area contributed by atoms with Gasteiger partial charge in [0.2, 0.25) is 0 Å². The van der Waals surface area contributed by atoms with Gasteiger partial charge >= 0.3 is 12.3 Å². The van der Waals surface area contributed by atoms with Crippen LogP contribution < -0.4 is 9.46 Å². The third kappa shape index (κ3) is 7.40. The molecular weight excluding hydrogens is 503 g/mol. The Kier molecular flexibility index (Phi) is 8.34. The Labute approximate surface area is 205 Å². The van der Waals surface area contributed by atoms with Crippen molar-refractivity contribution >= 4 is 33.4 Å². The molecule has 1 N–H and O–H groups in total. The van der Waals surface area contributed by atoms with E-state index in [4.69, 9.17) is 4.74 Å². The Morgan fingerprint density at radius 3 is 2.37 bits per heavy atom. The van der Waals surface area contributed by atoms with Gasteiger partial charge in [0.25, 0.3) is 10.0 Å². The molecule has 6 nitrogen and oxygen atoms in total. The number of hydrogen-bond acceptors (Lipinski definition) is 6. The van der Waals surface area contributed by atoms with Crippen LogP contribution in [0.5, 0.6) is 5.75 Å². The van der Waals surface area contributed by atoms with Crippen LogP contribution in [0.25, 0.3) is 0 Å². The number of ether oxygens (including phenoxy) is 2. The maximum absolute atomic E-state index is 12.8. The number of thioether (sulfide) groups is 1. The molecular formula is C24H22F3NO5S2. The summed E-state index contributed by atoms with van der Waals surface area (Å²) in [6, 6.07) is 16.5. The first kappa shape index (κ1) is 26.4. The number of hydrogen-bond donors (Lipinski definition) is 1. The second-order valence-corrected chi connectivity index (χ2v) is 10.0. The molecule has 3 rings (SSSR count). The van der Waals surface area contributed by atoms with Crippen molar-refractivity contribution in [3.05, 3.63) is 83.4 Å². The zero-order chi connectivity index (χ0) is 25.6. The predicted molar refractivity (Wildman–Crippen MR) is 127 cm³/mol. The summed E-state index contributed by atoms with van der Waals surface area (Å²) in [5, 5.41) is 0. The average Bonchev–Trinajstić information content (AvgIpc) is 2.81. The van der Waals surface area contributed by atoms with Crippen LogP contribution in [0.1, 0.15) is 28.4 Å². The highest BCUT2D eigenvalue weighted by atomic mass is 32.2. The maximum Gasteiger partial charge on any atom is 0.573 e. The number of esters is 1. The van der Waals surface area contributed by atoms with Gasteiger partial charge in [-0.3, -0.25) is 4.72 Å². The summed E-state index contributed by atoms with van der Waals surface area (Å²) in [5.74, 6) is -0.515. The van der Waals surface area contributed by atoms with Gasteiger partial charge in [-0.15, -0.1) is 24.9 Å². The molecule has 0 heterocycles. The van der Waals surface area contributed by atoms with Crippen LogP contribution >= 0.6 is 11.8 Å². The predicted octanol–water partition coefficient (Wildman–Crippen LogP) is 6.03. The van der Waals surface area contributed by atoms with Gasteiger partial charge in [0.05, 0.1) is 17.6 Å². The molecule has 0 aromatic heterocycles. The van der Waals surface area contributed by atoms with Crippen LogP contribution in [-0.2, 0) is 26.9 Å². The van der Waals surface area contributed by atoms with Crippen LogP contribution in [0.3, 0.4) is 0 Å². The van der Waals surface area contributed by atoms with E-state index in [2.05, 4.69) is 9.46 Å². The molecule has 35 heavy (non-hydrogen) atoms. The number of aryl methyl sites for hydroxylation is 1. The average molecular weight is 526 g/mol. The van der Waals surface area contributed by atoms with Crippen molar-refractivity contribution in [1.82, 2.24) is 0 Å². The maximum atomic E-state index is 12.8. The second kappa shape index (κ2) is 11.0. The largest absolute Gasteiger partial charge is 0.573 e. The monoisotopic (exact) mass is 525 g/mol. The molecule has 0 saturated carbocycles. The lowest BCUT2D eigenvalue weighted by atomic mass is 10.1. The Morgan fingerprint density at radius 1 is 1.03 bits per heavy atom. The summed E-state index contributed by atoms with van der Waals surface area (Å²) < 4.78 is 74.0. The third-order valence-electron chi connectivity index (χ3n) is 4.82. The van der Waals surface area contributed by atoms with E-state index in [9.17, 15) is 26.4 Å². The lowest BCUT2D eigenvalue weighted by Gasteiger charge is -2.12. The summed E-state index contributed by atoms with van der Waals surface area (Å²) in [6.45, 7) is 1.85. The van der Waals surface area contributed by atoms with E-state index in [0.717, 1.165) is 4.90 Å². The van der Waals surface area contributed by atoms with Gasteiger partial charge in [0, 0.05) is 16.3 Å². The zero-order valence-corrected chi connectivity index (χ0v) is 20.4. The Hall–Kier alpha value is -3.18. The van der Waals surface area contributed by atoms with Crippen LogP contribution in [0.15, 0.2) is 76.5 Å². The minimum atomic E-state index is -4.76. The first-order chi connectivity index (χ1) is 16.5. The molecule has 0 fully saturated rings. The molecule has 0 aliphatic rings. The highest BCUT2D eigenvalue weighted by Gasteiger charge is 2.31. The van der Waals surface area contributed by atoms with Gasteiger partial charge in [-0.05, 0) is 66.1 Å². The summed E-state index contributed by atoms with van der Waals surface area (Å²) in [4.78, 5) is 12.7. The zero-order valence-electron chi connectivity index (χ0n) is 18.8. The number of rotatable bonds is 9. The number of anilines is 1. The Bertz CT molecular complexity index is 1290. The van der Waals surface area contributed by atoms with E-state index in [1.807, 2.05) is 6.92 Å². The fourth-order valence-electron chi connectivity index (χ4n) is 3.16. The topological polar surface area (TPSA) is 81.7 Å². The van der Waals surface area contributed by atoms with Crippen molar-refractivity contribution in [2.24, 2.45) is 0 Å². The summed E-state index contributed by atoms with van der Waals surface area (Å²) >= 11 is 1.37. The molecule has 11 heteroatoms. The minimum Gasteiger partial charge on any atom is -0.465 e. The molecule has 3 aromatic rings. The third-order valence-corrected chi connectivity index (χ3v) is 7.28. The molecule has 0 atom stereocenters. The van der Waals surface area contributed by atoms with Crippen molar-refractivity contribution in [2.75, 3.05) is 11.8 Å². The quantitative estimate of drug-likeness (QED) is 0.272. The van der Waals surface area contributed by atoms with E-state index < -0.39 is 22.4 Å². The van der Waals surface area contributed by atoms with Crippen LogP contribution in [0.4, 0.5) is 18.9 Å². The lowest BCUT2D eigenvalue weighted by molar-refractivity contribution is -0.274. The van der Waals surface area contributed by atoms with Gasteiger partial charge in [-0.1, -0.05) is 25.1 Å². The standard InChI is InChI=1S/C24H22F3NO5S2/c1-3-17-7-12-21(14-22(17)23(29)32-2)35(30,31)28-18-8-10-20(11-9-18)34-15-16-5-4-6-19(13-16)33-24(25,26)27/h4-14,28H,3,15H2,1-2H3. The first-order valence-corrected chi connectivity index (χ1v) is 12.8. The molecule has 0 bridgehead atoms. The molecule has 0 aliphatic heterocycles. The summed E-state index contributed by atoms with van der Waals surface area (Å²) in [6.07, 6.45) is -4.22. The van der Waals surface area contributed by atoms with Crippen molar-refractivity contribution in [2.45, 2.75) is 35.3 Å². The lowest BCUT2D eigenvalue weighted by Crippen LogP contribution is -2.17. The van der Waals surface area contributed by atoms with Crippen LogP contribution in [0.2, 0.25) is 0 Å². The smallest absolute Gasteiger partial charge is 0.465 e. The molecule has 0 amide bonds. The fraction of sp³-hybridized carbons (Fsp3) is 0.208. The first-order valence-electron chi connectivity index (χ1n) is 10.3. The highest BCUT2D eigenvalue weighted by molar-refractivity contribution is 7.98. The number of methoxy groups -OCH3 is 1. The molecule has 0 saturated heterocycles. The van der Waals surface area contributed by atoms with Gasteiger partial charge in [0.1, 0.15) is 5.75 Å². The number of carbonyl (C=O) groups excluding carboxylic acids is 1.